The highest BCUT2D eigenvalue weighted by molar-refractivity contribution is 7.84. The summed E-state index contributed by atoms with van der Waals surface area (Å²) < 4.78 is 11.3. The lowest BCUT2D eigenvalue weighted by molar-refractivity contribution is 0.251. The Morgan fingerprint density at radius 1 is 1.36 bits per heavy atom. The minimum absolute atomic E-state index is 0.264. The lowest BCUT2D eigenvalue weighted by Gasteiger charge is -2.06. The quantitative estimate of drug-likeness (QED) is 0.882. The third kappa shape index (κ3) is 3.92. The average Bonchev–Trinajstić information content (AvgIpc) is 3.26. The highest BCUT2D eigenvalue weighted by Gasteiger charge is 2.26. The number of amides is 2. The maximum atomic E-state index is 11.9. The number of rotatable bonds is 5. The Bertz CT molecular complexity index is 693. The predicted molar refractivity (Wildman–Crippen MR) is 88.7 cm³/mol. The van der Waals surface area contributed by atoms with Crippen LogP contribution in [0.25, 0.3) is 0 Å². The van der Waals surface area contributed by atoms with Crippen molar-refractivity contribution in [2.24, 2.45) is 0 Å². The van der Waals surface area contributed by atoms with Gasteiger partial charge in [0.15, 0.2) is 5.13 Å². The van der Waals surface area contributed by atoms with Crippen LogP contribution in [0.1, 0.15) is 30.0 Å². The van der Waals surface area contributed by atoms with Gasteiger partial charge in [0, 0.05) is 39.8 Å². The van der Waals surface area contributed by atoms with Gasteiger partial charge in [0.05, 0.1) is 5.69 Å². The summed E-state index contributed by atoms with van der Waals surface area (Å²) in [6, 6.07) is 7.10. The third-order valence-electron chi connectivity index (χ3n) is 3.45. The van der Waals surface area contributed by atoms with Gasteiger partial charge in [-0.2, -0.15) is 0 Å². The number of urea groups is 1. The van der Waals surface area contributed by atoms with Gasteiger partial charge in [-0.1, -0.05) is 12.1 Å². The first-order valence-electron chi connectivity index (χ1n) is 7.04. The van der Waals surface area contributed by atoms with Gasteiger partial charge < -0.3 is 5.32 Å². The lowest BCUT2D eigenvalue weighted by atomic mass is 10.2. The smallest absolute Gasteiger partial charge is 0.321 e. The number of aromatic nitrogens is 1. The fourth-order valence-corrected chi connectivity index (χ4v) is 3.34. The molecule has 1 unspecified atom stereocenters. The summed E-state index contributed by atoms with van der Waals surface area (Å²) >= 11 is 1.46. The zero-order valence-corrected chi connectivity index (χ0v) is 13.8. The van der Waals surface area contributed by atoms with E-state index in [1.54, 1.807) is 6.26 Å². The van der Waals surface area contributed by atoms with Gasteiger partial charge in [0.1, 0.15) is 0 Å². The highest BCUT2D eigenvalue weighted by atomic mass is 32.2. The number of benzene rings is 1. The maximum Gasteiger partial charge on any atom is 0.321 e. The molecule has 2 N–H and O–H groups in total. The first-order chi connectivity index (χ1) is 10.6. The minimum Gasteiger partial charge on any atom is -0.334 e. The fourth-order valence-electron chi connectivity index (χ4n) is 2.03. The molecule has 1 fully saturated rings. The molecule has 1 atom stereocenters. The summed E-state index contributed by atoms with van der Waals surface area (Å²) in [4.78, 5) is 17.0. The number of hydrogen-bond acceptors (Lipinski definition) is 4. The highest BCUT2D eigenvalue weighted by Crippen LogP contribution is 2.40. The zero-order valence-electron chi connectivity index (χ0n) is 12.2. The van der Waals surface area contributed by atoms with Gasteiger partial charge in [-0.15, -0.1) is 11.3 Å². The molecule has 116 valence electrons. The van der Waals surface area contributed by atoms with Crippen LogP contribution in [-0.4, -0.2) is 21.5 Å². The number of carbonyl (C=O) groups is 1. The first-order valence-corrected chi connectivity index (χ1v) is 9.48. The van der Waals surface area contributed by atoms with E-state index in [9.17, 15) is 9.00 Å². The van der Waals surface area contributed by atoms with Crippen LogP contribution in [0.3, 0.4) is 0 Å². The predicted octanol–water partition coefficient (Wildman–Crippen LogP) is 3.08. The van der Waals surface area contributed by atoms with Crippen LogP contribution < -0.4 is 10.6 Å². The summed E-state index contributed by atoms with van der Waals surface area (Å²) in [5.74, 6) is 0.595. The Labute approximate surface area is 135 Å². The van der Waals surface area contributed by atoms with Crippen LogP contribution in [0.2, 0.25) is 0 Å². The Kier molecular flexibility index (Phi) is 4.54. The molecule has 22 heavy (non-hydrogen) atoms. The molecule has 2 aromatic rings. The monoisotopic (exact) mass is 335 g/mol. The van der Waals surface area contributed by atoms with E-state index in [1.165, 1.54) is 24.2 Å². The number of hydrogen-bond donors (Lipinski definition) is 2. The molecule has 5 nitrogen and oxygen atoms in total. The summed E-state index contributed by atoms with van der Waals surface area (Å²) in [5, 5.41) is 8.19. The van der Waals surface area contributed by atoms with Crippen molar-refractivity contribution in [3.05, 3.63) is 40.9 Å². The molecule has 1 aliphatic carbocycles. The van der Waals surface area contributed by atoms with Crippen molar-refractivity contribution in [1.29, 1.82) is 0 Å². The summed E-state index contributed by atoms with van der Waals surface area (Å²) in [5.41, 5.74) is 2.05. The Morgan fingerprint density at radius 2 is 2.09 bits per heavy atom. The van der Waals surface area contributed by atoms with E-state index in [4.69, 9.17) is 0 Å². The summed E-state index contributed by atoms with van der Waals surface area (Å²) in [6.07, 6.45) is 4.05. The number of carbonyl (C=O) groups excluding carboxylic acids is 1. The topological polar surface area (TPSA) is 71.1 Å². The van der Waals surface area contributed by atoms with Crippen LogP contribution in [0.5, 0.6) is 0 Å². The van der Waals surface area contributed by atoms with Crippen molar-refractivity contribution in [3.8, 4) is 0 Å². The molecule has 1 heterocycles. The van der Waals surface area contributed by atoms with Crippen LogP contribution in [0, 0.1) is 0 Å². The van der Waals surface area contributed by atoms with Crippen LogP contribution in [0.4, 0.5) is 9.93 Å². The maximum absolute atomic E-state index is 11.9. The Hall–Kier alpha value is -1.73. The number of thiazole rings is 1. The van der Waals surface area contributed by atoms with E-state index < -0.39 is 10.8 Å². The van der Waals surface area contributed by atoms with E-state index in [-0.39, 0.29) is 6.03 Å². The minimum atomic E-state index is -0.980. The van der Waals surface area contributed by atoms with E-state index in [0.717, 1.165) is 16.2 Å². The molecule has 0 bridgehead atoms. The molecule has 7 heteroatoms. The average molecular weight is 335 g/mol. The molecule has 2 amide bonds. The van der Waals surface area contributed by atoms with Gasteiger partial charge >= 0.3 is 6.03 Å². The van der Waals surface area contributed by atoms with Crippen molar-refractivity contribution in [1.82, 2.24) is 10.3 Å². The van der Waals surface area contributed by atoms with Gasteiger partial charge in [-0.05, 0) is 30.5 Å². The summed E-state index contributed by atoms with van der Waals surface area (Å²) in [7, 11) is -0.980. The second-order valence-corrected chi connectivity index (χ2v) is 7.50. The molecule has 1 aliphatic rings. The van der Waals surface area contributed by atoms with E-state index in [0.29, 0.717) is 17.6 Å². The van der Waals surface area contributed by atoms with Crippen molar-refractivity contribution >= 4 is 33.3 Å². The molecule has 1 aromatic heterocycles. The Balaban J connectivity index is 1.49. The fraction of sp³-hybridized carbons (Fsp3) is 0.333. The molecule has 0 radical (unpaired) electrons. The van der Waals surface area contributed by atoms with Crippen LogP contribution in [0.15, 0.2) is 34.5 Å². The second-order valence-electron chi connectivity index (χ2n) is 5.26. The molecular weight excluding hydrogens is 318 g/mol. The second kappa shape index (κ2) is 6.58. The van der Waals surface area contributed by atoms with Crippen LogP contribution >= 0.6 is 11.3 Å². The molecule has 1 aromatic carbocycles. The molecular formula is C15H17N3O2S2. The number of anilines is 1. The van der Waals surface area contributed by atoms with Gasteiger partial charge in [-0.3, -0.25) is 9.53 Å². The Morgan fingerprint density at radius 3 is 2.73 bits per heavy atom. The van der Waals surface area contributed by atoms with Crippen molar-refractivity contribution < 1.29 is 9.00 Å². The van der Waals surface area contributed by atoms with Crippen molar-refractivity contribution in [3.63, 3.8) is 0 Å². The largest absolute Gasteiger partial charge is 0.334 e. The van der Waals surface area contributed by atoms with Crippen molar-refractivity contribution in [2.45, 2.75) is 30.2 Å². The molecule has 0 spiro atoms. The molecule has 0 saturated heterocycles. The normalized spacial score (nSPS) is 15.3. The first kappa shape index (κ1) is 15.2. The lowest BCUT2D eigenvalue weighted by Crippen LogP contribution is -2.28. The summed E-state index contributed by atoms with van der Waals surface area (Å²) in [6.45, 7) is 0.420. The van der Waals surface area contributed by atoms with Crippen LogP contribution in [-0.2, 0) is 17.3 Å². The number of nitrogens with zero attached hydrogens (tertiary/aromatic N) is 1. The third-order valence-corrected chi connectivity index (χ3v) is 5.16. The SMILES string of the molecule is CS(=O)c1ccc(CNC(=O)Nc2nc(C3CC3)cs2)cc1. The zero-order chi connectivity index (χ0) is 15.5. The van der Waals surface area contributed by atoms with E-state index >= 15 is 0 Å². The standard InChI is InChI=1S/C15H17N3O2S2/c1-22(20)12-6-2-10(3-7-12)8-16-14(19)18-15-17-13(9-21-15)11-4-5-11/h2-3,6-7,9,11H,4-5,8H2,1H3,(H2,16,17,18,19). The van der Waals surface area contributed by atoms with Gasteiger partial charge in [-0.25, -0.2) is 9.78 Å². The van der Waals surface area contributed by atoms with E-state index in [2.05, 4.69) is 15.6 Å². The molecule has 3 rings (SSSR count). The van der Waals surface area contributed by atoms with E-state index in [1.807, 2.05) is 29.6 Å². The molecule has 0 aliphatic heterocycles. The number of nitrogens with one attached hydrogen (secondary N) is 2. The van der Waals surface area contributed by atoms with Gasteiger partial charge in [0.25, 0.3) is 0 Å². The van der Waals surface area contributed by atoms with Crippen molar-refractivity contribution in [2.75, 3.05) is 11.6 Å². The molecule has 1 saturated carbocycles. The van der Waals surface area contributed by atoms with Gasteiger partial charge in [0.2, 0.25) is 0 Å².